The molecule has 0 aromatic carbocycles. The molecular weight excluding hydrogens is 352 g/mol. The minimum absolute atomic E-state index is 0.00562. The SMILES string of the molecule is COC(=O)C[C@@H]1CCN(C(=O)OC(C)(C)C)C[C@H]1CNC(=O)OC(C)(C)C. The summed E-state index contributed by atoms with van der Waals surface area (Å²) in [5.41, 5.74) is -1.17. The monoisotopic (exact) mass is 386 g/mol. The molecule has 1 N–H and O–H groups in total. The van der Waals surface area contributed by atoms with E-state index in [1.807, 2.05) is 20.8 Å². The van der Waals surface area contributed by atoms with Crippen molar-refractivity contribution < 1.29 is 28.6 Å². The number of carbonyl (C=O) groups excluding carboxylic acids is 3. The van der Waals surface area contributed by atoms with Crippen LogP contribution in [0, 0.1) is 11.8 Å². The number of likely N-dealkylation sites (tertiary alicyclic amines) is 1. The number of nitrogens with one attached hydrogen (secondary N) is 1. The van der Waals surface area contributed by atoms with E-state index in [9.17, 15) is 14.4 Å². The van der Waals surface area contributed by atoms with Gasteiger partial charge in [-0.2, -0.15) is 0 Å². The molecule has 8 nitrogen and oxygen atoms in total. The Morgan fingerprint density at radius 2 is 1.59 bits per heavy atom. The van der Waals surface area contributed by atoms with Crippen LogP contribution in [-0.4, -0.2) is 61.0 Å². The highest BCUT2D eigenvalue weighted by Crippen LogP contribution is 2.28. The molecule has 27 heavy (non-hydrogen) atoms. The van der Waals surface area contributed by atoms with Crippen LogP contribution in [0.25, 0.3) is 0 Å². The van der Waals surface area contributed by atoms with Crippen LogP contribution in [0.15, 0.2) is 0 Å². The highest BCUT2D eigenvalue weighted by Gasteiger charge is 2.35. The second kappa shape index (κ2) is 9.28. The Kier molecular flexibility index (Phi) is 7.92. The van der Waals surface area contributed by atoms with Gasteiger partial charge in [0.1, 0.15) is 11.2 Å². The smallest absolute Gasteiger partial charge is 0.410 e. The van der Waals surface area contributed by atoms with Crippen molar-refractivity contribution in [3.63, 3.8) is 0 Å². The van der Waals surface area contributed by atoms with Gasteiger partial charge in [-0.1, -0.05) is 0 Å². The molecule has 0 radical (unpaired) electrons. The summed E-state index contributed by atoms with van der Waals surface area (Å²) in [4.78, 5) is 37.7. The van der Waals surface area contributed by atoms with Gasteiger partial charge >= 0.3 is 18.2 Å². The number of methoxy groups -OCH3 is 1. The summed E-state index contributed by atoms with van der Waals surface area (Å²) >= 11 is 0. The van der Waals surface area contributed by atoms with E-state index in [4.69, 9.17) is 14.2 Å². The van der Waals surface area contributed by atoms with Crippen molar-refractivity contribution in [3.05, 3.63) is 0 Å². The van der Waals surface area contributed by atoms with Gasteiger partial charge in [0.2, 0.25) is 0 Å². The molecule has 2 atom stereocenters. The average molecular weight is 386 g/mol. The third-order valence-electron chi connectivity index (χ3n) is 4.11. The van der Waals surface area contributed by atoms with Crippen LogP contribution in [0.2, 0.25) is 0 Å². The lowest BCUT2D eigenvalue weighted by Crippen LogP contribution is -2.49. The van der Waals surface area contributed by atoms with E-state index in [1.165, 1.54) is 7.11 Å². The quantitative estimate of drug-likeness (QED) is 0.590. The van der Waals surface area contributed by atoms with E-state index in [2.05, 4.69) is 5.32 Å². The second-order valence-corrected chi connectivity index (χ2v) is 8.90. The largest absolute Gasteiger partial charge is 0.469 e. The molecule has 0 unspecified atom stereocenters. The fraction of sp³-hybridized carbons (Fsp3) is 0.842. The van der Waals surface area contributed by atoms with Crippen molar-refractivity contribution in [3.8, 4) is 0 Å². The number of nitrogens with zero attached hydrogens (tertiary/aromatic N) is 1. The Balaban J connectivity index is 2.74. The Morgan fingerprint density at radius 3 is 2.11 bits per heavy atom. The van der Waals surface area contributed by atoms with Gasteiger partial charge in [-0.05, 0) is 59.8 Å². The second-order valence-electron chi connectivity index (χ2n) is 8.90. The molecule has 0 saturated carbocycles. The molecule has 0 spiro atoms. The lowest BCUT2D eigenvalue weighted by atomic mass is 9.83. The van der Waals surface area contributed by atoms with Crippen LogP contribution >= 0.6 is 0 Å². The molecule has 0 aromatic rings. The van der Waals surface area contributed by atoms with Crippen molar-refractivity contribution in [2.24, 2.45) is 11.8 Å². The first kappa shape index (κ1) is 23.0. The molecule has 1 aliphatic heterocycles. The number of piperidine rings is 1. The zero-order chi connectivity index (χ0) is 20.8. The summed E-state index contributed by atoms with van der Waals surface area (Å²) in [5.74, 6) is -0.392. The molecule has 1 fully saturated rings. The van der Waals surface area contributed by atoms with Gasteiger partial charge in [0.05, 0.1) is 7.11 Å². The zero-order valence-electron chi connectivity index (χ0n) is 17.6. The standard InChI is InChI=1S/C19H34N2O6/c1-18(2,3)26-16(23)20-11-14-12-21(17(24)27-19(4,5)6)9-8-13(14)10-15(22)25-7/h13-14H,8-12H2,1-7H3,(H,20,23)/t13-,14+/m0/s1. The Morgan fingerprint density at radius 1 is 1.00 bits per heavy atom. The highest BCUT2D eigenvalue weighted by atomic mass is 16.6. The normalized spacial score (nSPS) is 20.6. The molecule has 1 saturated heterocycles. The van der Waals surface area contributed by atoms with E-state index in [1.54, 1.807) is 25.7 Å². The molecule has 2 amide bonds. The van der Waals surface area contributed by atoms with Crippen molar-refractivity contribution in [1.82, 2.24) is 10.2 Å². The van der Waals surface area contributed by atoms with Gasteiger partial charge in [-0.3, -0.25) is 4.79 Å². The van der Waals surface area contributed by atoms with Crippen LogP contribution in [0.1, 0.15) is 54.4 Å². The number of carbonyl (C=O) groups is 3. The topological polar surface area (TPSA) is 94.2 Å². The predicted octanol–water partition coefficient (Wildman–Crippen LogP) is 2.95. The van der Waals surface area contributed by atoms with Gasteiger partial charge in [-0.15, -0.1) is 0 Å². The van der Waals surface area contributed by atoms with Gasteiger partial charge in [0.25, 0.3) is 0 Å². The number of hydrogen-bond donors (Lipinski definition) is 1. The molecule has 0 aliphatic carbocycles. The van der Waals surface area contributed by atoms with Crippen molar-refractivity contribution in [1.29, 1.82) is 0 Å². The van der Waals surface area contributed by atoms with Gasteiger partial charge < -0.3 is 24.4 Å². The maximum absolute atomic E-state index is 12.4. The third-order valence-corrected chi connectivity index (χ3v) is 4.11. The molecule has 1 aliphatic rings. The first-order chi connectivity index (χ1) is 12.3. The predicted molar refractivity (Wildman–Crippen MR) is 100 cm³/mol. The van der Waals surface area contributed by atoms with Crippen molar-refractivity contribution >= 4 is 18.2 Å². The first-order valence-corrected chi connectivity index (χ1v) is 9.32. The highest BCUT2D eigenvalue weighted by molar-refractivity contribution is 5.70. The Bertz CT molecular complexity index is 535. The summed E-state index contributed by atoms with van der Waals surface area (Å²) in [6.45, 7) is 12.0. The fourth-order valence-corrected chi connectivity index (χ4v) is 2.90. The summed E-state index contributed by atoms with van der Waals surface area (Å²) < 4.78 is 15.5. The molecule has 156 valence electrons. The molecule has 0 aromatic heterocycles. The van der Waals surface area contributed by atoms with Crippen LogP contribution < -0.4 is 5.32 Å². The molecule has 1 rings (SSSR count). The number of alkyl carbamates (subject to hydrolysis) is 1. The molecule has 1 heterocycles. The van der Waals surface area contributed by atoms with E-state index in [-0.39, 0.29) is 30.3 Å². The number of esters is 1. The summed E-state index contributed by atoms with van der Waals surface area (Å²) in [5, 5.41) is 2.75. The molecule has 8 heteroatoms. The Hall–Kier alpha value is -1.99. The van der Waals surface area contributed by atoms with E-state index in [0.29, 0.717) is 26.1 Å². The maximum Gasteiger partial charge on any atom is 0.410 e. The van der Waals surface area contributed by atoms with Crippen LogP contribution in [0.3, 0.4) is 0 Å². The van der Waals surface area contributed by atoms with E-state index in [0.717, 1.165) is 0 Å². The van der Waals surface area contributed by atoms with Crippen LogP contribution in [-0.2, 0) is 19.0 Å². The minimum Gasteiger partial charge on any atom is -0.469 e. The number of ether oxygens (including phenoxy) is 3. The molecular formula is C19H34N2O6. The zero-order valence-corrected chi connectivity index (χ0v) is 17.6. The van der Waals surface area contributed by atoms with E-state index >= 15 is 0 Å². The van der Waals surface area contributed by atoms with Gasteiger partial charge in [-0.25, -0.2) is 9.59 Å². The van der Waals surface area contributed by atoms with Crippen LogP contribution in [0.4, 0.5) is 9.59 Å². The van der Waals surface area contributed by atoms with Gasteiger partial charge in [0.15, 0.2) is 0 Å². The lowest BCUT2D eigenvalue weighted by molar-refractivity contribution is -0.142. The number of amides is 2. The molecule has 0 bridgehead atoms. The van der Waals surface area contributed by atoms with Crippen LogP contribution in [0.5, 0.6) is 0 Å². The summed E-state index contributed by atoms with van der Waals surface area (Å²) in [6, 6.07) is 0. The fourth-order valence-electron chi connectivity index (χ4n) is 2.90. The summed E-state index contributed by atoms with van der Waals surface area (Å²) in [7, 11) is 1.35. The average Bonchev–Trinajstić information content (AvgIpc) is 2.50. The summed E-state index contributed by atoms with van der Waals surface area (Å²) in [6.07, 6.45) is -0.0241. The minimum atomic E-state index is -0.593. The first-order valence-electron chi connectivity index (χ1n) is 9.32. The van der Waals surface area contributed by atoms with E-state index < -0.39 is 17.3 Å². The van der Waals surface area contributed by atoms with Gasteiger partial charge in [0, 0.05) is 26.1 Å². The number of hydrogen-bond acceptors (Lipinski definition) is 6. The number of rotatable bonds is 4. The lowest BCUT2D eigenvalue weighted by Gasteiger charge is -2.38. The third kappa shape index (κ3) is 8.97. The van der Waals surface area contributed by atoms with Crippen molar-refractivity contribution in [2.75, 3.05) is 26.7 Å². The Labute approximate surface area is 161 Å². The van der Waals surface area contributed by atoms with Crippen molar-refractivity contribution in [2.45, 2.75) is 65.6 Å². The maximum atomic E-state index is 12.4.